The topological polar surface area (TPSA) is 20.2 Å². The van der Waals surface area contributed by atoms with Gasteiger partial charge in [0.05, 0.1) is 6.61 Å². The van der Waals surface area contributed by atoms with Crippen LogP contribution in [0.3, 0.4) is 0 Å². The highest BCUT2D eigenvalue weighted by Gasteiger charge is 1.72. The van der Waals surface area contributed by atoms with Crippen molar-refractivity contribution in [2.24, 2.45) is 0 Å². The summed E-state index contributed by atoms with van der Waals surface area (Å²) in [4.78, 5) is 0. The van der Waals surface area contributed by atoms with E-state index in [1.165, 1.54) is 0 Å². The van der Waals surface area contributed by atoms with Crippen molar-refractivity contribution in [3.05, 3.63) is 22.1 Å². The second-order valence-corrected chi connectivity index (χ2v) is 3.79. The first-order chi connectivity index (χ1) is 4.54. The summed E-state index contributed by atoms with van der Waals surface area (Å²) >= 11 is 6.11. The minimum Gasteiger partial charge on any atom is -0.391 e. The van der Waals surface area contributed by atoms with E-state index in [9.17, 15) is 0 Å². The van der Waals surface area contributed by atoms with Gasteiger partial charge in [-0.2, -0.15) is 13.5 Å². The molecule has 0 atom stereocenters. The van der Waals surface area contributed by atoms with Gasteiger partial charge in [0.25, 0.3) is 0 Å². The molecule has 0 radical (unpaired) electrons. The number of halogens is 2. The van der Waals surface area contributed by atoms with E-state index in [-0.39, 0.29) is 20.1 Å². The summed E-state index contributed by atoms with van der Waals surface area (Å²) < 4.78 is 1.69. The van der Waals surface area contributed by atoms with E-state index in [1.54, 1.807) is 0 Å². The Morgan fingerprint density at radius 1 is 1.27 bits per heavy atom. The lowest BCUT2D eigenvalue weighted by Gasteiger charge is -1.77. The van der Waals surface area contributed by atoms with Gasteiger partial charge in [0.15, 0.2) is 0 Å². The Morgan fingerprint density at radius 2 is 1.45 bits per heavy atom. The average molecular weight is 306 g/mol. The molecular formula is C7H14Br2OS. The molecule has 0 heterocycles. The monoisotopic (exact) mass is 304 g/mol. The molecule has 0 aliphatic carbocycles. The molecule has 0 saturated carbocycles. The van der Waals surface area contributed by atoms with Crippen LogP contribution in [0.15, 0.2) is 22.1 Å². The molecule has 0 aromatic carbocycles. The van der Waals surface area contributed by atoms with E-state index < -0.39 is 0 Å². The highest BCUT2D eigenvalue weighted by molar-refractivity contribution is 9.12. The van der Waals surface area contributed by atoms with Crippen molar-refractivity contribution < 1.29 is 5.11 Å². The highest BCUT2D eigenvalue weighted by atomic mass is 79.9. The largest absolute Gasteiger partial charge is 0.391 e. The fraction of sp³-hybridized carbons (Fsp3) is 0.429. The quantitative estimate of drug-likeness (QED) is 0.830. The molecule has 0 rings (SSSR count). The lowest BCUT2D eigenvalue weighted by Crippen LogP contribution is -1.72. The maximum absolute atomic E-state index is 8.00. The molecule has 0 fully saturated rings. The van der Waals surface area contributed by atoms with Crippen LogP contribution in [0.1, 0.15) is 13.3 Å². The summed E-state index contributed by atoms with van der Waals surface area (Å²) in [6.07, 6.45) is 1.03. The molecular weight excluding hydrogens is 292 g/mol. The van der Waals surface area contributed by atoms with Gasteiger partial charge in [-0.3, -0.25) is 0 Å². The molecule has 0 spiro atoms. The van der Waals surface area contributed by atoms with Gasteiger partial charge in [0.1, 0.15) is 0 Å². The summed E-state index contributed by atoms with van der Waals surface area (Å²) in [5.41, 5.74) is 0. The van der Waals surface area contributed by atoms with Gasteiger partial charge >= 0.3 is 0 Å². The van der Waals surface area contributed by atoms with Crippen molar-refractivity contribution in [1.29, 1.82) is 0 Å². The predicted octanol–water partition coefficient (Wildman–Crippen LogP) is 3.31. The highest BCUT2D eigenvalue weighted by Crippen LogP contribution is 2.02. The molecule has 1 N–H and O–H groups in total. The maximum Gasteiger partial charge on any atom is 0.0740 e. The number of hydrogen-bond acceptors (Lipinski definition) is 1. The van der Waals surface area contributed by atoms with E-state index >= 15 is 0 Å². The number of aliphatic hydroxyl groups excluding tert-OH is 1. The summed E-state index contributed by atoms with van der Waals surface area (Å²) in [5, 5.41) is 8.00. The van der Waals surface area contributed by atoms with Crippen molar-refractivity contribution in [1.82, 2.24) is 0 Å². The Morgan fingerprint density at radius 3 is 1.45 bits per heavy atom. The van der Waals surface area contributed by atoms with E-state index in [4.69, 9.17) is 5.11 Å². The van der Waals surface area contributed by atoms with Crippen LogP contribution in [0.2, 0.25) is 0 Å². The van der Waals surface area contributed by atoms with Crippen LogP contribution in [0, 0.1) is 0 Å². The number of rotatable bonds is 2. The van der Waals surface area contributed by atoms with Crippen molar-refractivity contribution in [3.63, 3.8) is 0 Å². The second-order valence-electron chi connectivity index (χ2n) is 1.55. The van der Waals surface area contributed by atoms with Crippen LogP contribution < -0.4 is 0 Å². The zero-order valence-corrected chi connectivity index (χ0v) is 10.7. The van der Waals surface area contributed by atoms with Gasteiger partial charge < -0.3 is 5.11 Å². The predicted molar refractivity (Wildman–Crippen MR) is 63.9 cm³/mol. The first-order valence-corrected chi connectivity index (χ1v) is 4.40. The number of aliphatic hydroxyl groups is 1. The molecule has 0 aromatic rings. The van der Waals surface area contributed by atoms with E-state index in [2.05, 4.69) is 51.9 Å². The van der Waals surface area contributed by atoms with Gasteiger partial charge in [-0.15, -0.1) is 0 Å². The van der Waals surface area contributed by atoms with Crippen LogP contribution in [0.5, 0.6) is 0 Å². The number of allylic oxidation sites excluding steroid dienone is 1. The molecule has 0 aromatic heterocycles. The molecule has 68 valence electrons. The lowest BCUT2D eigenvalue weighted by atomic mass is 10.5. The Hall–Kier alpha value is 0.750. The molecule has 1 nitrogen and oxygen atoms in total. The van der Waals surface area contributed by atoms with Crippen LogP contribution in [-0.2, 0) is 0 Å². The average Bonchev–Trinajstić information content (AvgIpc) is 1.89. The molecule has 0 aliphatic heterocycles. The van der Waals surface area contributed by atoms with Crippen LogP contribution in [0.25, 0.3) is 0 Å². The van der Waals surface area contributed by atoms with Crippen LogP contribution in [0.4, 0.5) is 0 Å². The molecule has 0 amide bonds. The Labute approximate surface area is 92.3 Å². The van der Waals surface area contributed by atoms with E-state index in [1.807, 2.05) is 0 Å². The Balaban J connectivity index is -0.000000107. The minimum atomic E-state index is 0. The molecule has 0 aliphatic rings. The fourth-order valence-corrected chi connectivity index (χ4v) is 0. The first-order valence-electron chi connectivity index (χ1n) is 2.82. The van der Waals surface area contributed by atoms with E-state index in [0.29, 0.717) is 4.48 Å². The van der Waals surface area contributed by atoms with Gasteiger partial charge in [-0.25, -0.2) is 0 Å². The summed E-state index contributed by atoms with van der Waals surface area (Å²) in [6, 6.07) is 0. The van der Waals surface area contributed by atoms with Crippen LogP contribution >= 0.6 is 45.4 Å². The Bertz CT molecular complexity index is 101. The molecule has 11 heavy (non-hydrogen) atoms. The van der Waals surface area contributed by atoms with Gasteiger partial charge in [0.2, 0.25) is 0 Å². The SMILES string of the molecule is C=C(Br)CC.C=C(Br)CO.S. The van der Waals surface area contributed by atoms with Crippen molar-refractivity contribution in [2.45, 2.75) is 13.3 Å². The third kappa shape index (κ3) is 36.5. The fourth-order valence-electron chi connectivity index (χ4n) is 0. The van der Waals surface area contributed by atoms with E-state index in [0.717, 1.165) is 10.9 Å². The van der Waals surface area contributed by atoms with Crippen molar-refractivity contribution >= 4 is 45.4 Å². The van der Waals surface area contributed by atoms with Gasteiger partial charge in [-0.05, 0) is 10.9 Å². The minimum absolute atomic E-state index is 0. The first kappa shape index (κ1) is 17.7. The normalized spacial score (nSPS) is 6.91. The molecule has 4 heteroatoms. The lowest BCUT2D eigenvalue weighted by molar-refractivity contribution is 0.340. The number of hydrogen-bond donors (Lipinski definition) is 1. The zero-order chi connectivity index (χ0) is 8.57. The smallest absolute Gasteiger partial charge is 0.0740 e. The Kier molecular flexibility index (Phi) is 21.5. The molecule has 0 saturated heterocycles. The zero-order valence-electron chi connectivity index (χ0n) is 6.53. The molecule has 0 bridgehead atoms. The van der Waals surface area contributed by atoms with Crippen molar-refractivity contribution in [3.8, 4) is 0 Å². The summed E-state index contributed by atoms with van der Waals surface area (Å²) in [5.74, 6) is 0. The summed E-state index contributed by atoms with van der Waals surface area (Å²) in [6.45, 7) is 9.01. The standard InChI is InChI=1S/C4H7Br.C3H5BrO.H2S/c1-3-4(2)5;1-3(4)2-5;/h2-3H2,1H3;5H,1-2H2;1H2. The van der Waals surface area contributed by atoms with Gasteiger partial charge in [-0.1, -0.05) is 51.9 Å². The molecule has 0 unspecified atom stereocenters. The second kappa shape index (κ2) is 13.3. The van der Waals surface area contributed by atoms with Gasteiger partial charge in [0, 0.05) is 4.48 Å². The summed E-state index contributed by atoms with van der Waals surface area (Å²) in [7, 11) is 0. The maximum atomic E-state index is 8.00. The van der Waals surface area contributed by atoms with Crippen molar-refractivity contribution in [2.75, 3.05) is 6.61 Å². The third-order valence-corrected chi connectivity index (χ3v) is 1.37. The van der Waals surface area contributed by atoms with Crippen LogP contribution in [-0.4, -0.2) is 11.7 Å². The third-order valence-electron chi connectivity index (χ3n) is 0.555.